The first kappa shape index (κ1) is 20.4. The summed E-state index contributed by atoms with van der Waals surface area (Å²) >= 11 is 1.36. The van der Waals surface area contributed by atoms with Crippen molar-refractivity contribution < 1.29 is 22.7 Å². The molecule has 0 spiro atoms. The molecule has 2 aromatic rings. The minimum absolute atomic E-state index is 0.114. The summed E-state index contributed by atoms with van der Waals surface area (Å²) in [5, 5.41) is 2.48. The smallest absolute Gasteiger partial charge is 0.406 e. The number of imidazole rings is 1. The number of rotatable bonds is 8. The molecule has 0 fully saturated rings. The lowest BCUT2D eigenvalue weighted by Gasteiger charge is -2.17. The second-order valence-corrected chi connectivity index (χ2v) is 7.15. The molecule has 0 amide bonds. The number of thiazole rings is 1. The SMILES string of the molecule is CC(C)OC(=O)Cc1nc(CN(C)Cc2nccn2CC(F)(F)F)cs1. The highest BCUT2D eigenvalue weighted by atomic mass is 32.1. The molecule has 26 heavy (non-hydrogen) atoms. The van der Waals surface area contributed by atoms with E-state index >= 15 is 0 Å². The van der Waals surface area contributed by atoms with Crippen molar-refractivity contribution in [3.63, 3.8) is 0 Å². The van der Waals surface area contributed by atoms with Gasteiger partial charge in [-0.3, -0.25) is 9.69 Å². The van der Waals surface area contributed by atoms with Crippen molar-refractivity contribution in [1.82, 2.24) is 19.4 Å². The van der Waals surface area contributed by atoms with Crippen LogP contribution in [0.15, 0.2) is 17.8 Å². The number of hydrogen-bond acceptors (Lipinski definition) is 6. The van der Waals surface area contributed by atoms with Gasteiger partial charge in [0.15, 0.2) is 0 Å². The average molecular weight is 390 g/mol. The summed E-state index contributed by atoms with van der Waals surface area (Å²) in [6.07, 6.45) is -1.67. The summed E-state index contributed by atoms with van der Waals surface area (Å²) in [6, 6.07) is 0. The molecule has 0 bridgehead atoms. The van der Waals surface area contributed by atoms with E-state index in [0.717, 1.165) is 10.3 Å². The lowest BCUT2D eigenvalue weighted by molar-refractivity contribution is -0.146. The van der Waals surface area contributed by atoms with Crippen LogP contribution in [0, 0.1) is 0 Å². The molecule has 10 heteroatoms. The van der Waals surface area contributed by atoms with Crippen LogP contribution >= 0.6 is 11.3 Å². The topological polar surface area (TPSA) is 60.2 Å². The van der Waals surface area contributed by atoms with Gasteiger partial charge in [-0.2, -0.15) is 13.2 Å². The molecular weight excluding hydrogens is 369 g/mol. The number of nitrogens with zero attached hydrogens (tertiary/aromatic N) is 4. The van der Waals surface area contributed by atoms with Crippen LogP contribution in [0.2, 0.25) is 0 Å². The van der Waals surface area contributed by atoms with E-state index in [0.29, 0.717) is 17.4 Å². The third-order valence-corrected chi connectivity index (χ3v) is 4.15. The van der Waals surface area contributed by atoms with Crippen LogP contribution in [-0.2, 0) is 35.6 Å². The van der Waals surface area contributed by atoms with Crippen molar-refractivity contribution in [3.8, 4) is 0 Å². The normalized spacial score (nSPS) is 12.2. The molecule has 2 aromatic heterocycles. The zero-order valence-corrected chi connectivity index (χ0v) is 15.6. The van der Waals surface area contributed by atoms with Gasteiger partial charge in [0.2, 0.25) is 0 Å². The number of carbonyl (C=O) groups excluding carboxylic acids is 1. The molecule has 0 aliphatic heterocycles. The number of alkyl halides is 3. The standard InChI is InChI=1S/C16H21F3N4O2S/c1-11(2)25-15(24)6-14-21-12(9-26-14)7-22(3)8-13-20-4-5-23(13)10-16(17,18)19/h4-5,9,11H,6-8,10H2,1-3H3. The van der Waals surface area contributed by atoms with E-state index < -0.39 is 12.7 Å². The highest BCUT2D eigenvalue weighted by Crippen LogP contribution is 2.19. The molecule has 0 aliphatic carbocycles. The lowest BCUT2D eigenvalue weighted by Crippen LogP contribution is -2.24. The molecule has 0 saturated heterocycles. The predicted molar refractivity (Wildman–Crippen MR) is 90.5 cm³/mol. The fourth-order valence-electron chi connectivity index (χ4n) is 2.33. The minimum Gasteiger partial charge on any atom is -0.463 e. The maximum absolute atomic E-state index is 12.6. The fourth-order valence-corrected chi connectivity index (χ4v) is 3.10. The molecular formula is C16H21F3N4O2S. The third kappa shape index (κ3) is 6.75. The summed E-state index contributed by atoms with van der Waals surface area (Å²) in [5.41, 5.74) is 0.749. The van der Waals surface area contributed by atoms with Gasteiger partial charge in [0.05, 0.1) is 24.8 Å². The highest BCUT2D eigenvalue weighted by Gasteiger charge is 2.29. The Balaban J connectivity index is 1.90. The average Bonchev–Trinajstić information content (AvgIpc) is 3.06. The Morgan fingerprint density at radius 1 is 1.38 bits per heavy atom. The van der Waals surface area contributed by atoms with E-state index in [-0.39, 0.29) is 25.0 Å². The Hall–Kier alpha value is -1.94. The molecule has 0 N–H and O–H groups in total. The van der Waals surface area contributed by atoms with E-state index in [1.807, 2.05) is 10.3 Å². The first-order valence-corrected chi connectivity index (χ1v) is 8.88. The van der Waals surface area contributed by atoms with Gasteiger partial charge < -0.3 is 9.30 Å². The molecule has 0 unspecified atom stereocenters. The van der Waals surface area contributed by atoms with Crippen LogP contribution in [0.1, 0.15) is 30.4 Å². The van der Waals surface area contributed by atoms with E-state index in [2.05, 4.69) is 9.97 Å². The van der Waals surface area contributed by atoms with Crippen molar-refractivity contribution in [2.75, 3.05) is 7.05 Å². The zero-order valence-electron chi connectivity index (χ0n) is 14.8. The Morgan fingerprint density at radius 2 is 2.12 bits per heavy atom. The van der Waals surface area contributed by atoms with Gasteiger partial charge in [-0.1, -0.05) is 0 Å². The van der Waals surface area contributed by atoms with Crippen LogP contribution in [-0.4, -0.2) is 44.7 Å². The van der Waals surface area contributed by atoms with Gasteiger partial charge in [0, 0.05) is 24.3 Å². The van der Waals surface area contributed by atoms with E-state index in [4.69, 9.17) is 4.74 Å². The predicted octanol–water partition coefficient (Wildman–Crippen LogP) is 3.03. The Bertz CT molecular complexity index is 727. The summed E-state index contributed by atoms with van der Waals surface area (Å²) in [4.78, 5) is 21.8. The minimum atomic E-state index is -4.29. The Morgan fingerprint density at radius 3 is 2.77 bits per heavy atom. The summed E-state index contributed by atoms with van der Waals surface area (Å²) in [5.74, 6) is 0.00391. The maximum atomic E-state index is 12.6. The van der Waals surface area contributed by atoms with Gasteiger partial charge in [0.1, 0.15) is 17.4 Å². The van der Waals surface area contributed by atoms with E-state index in [1.165, 1.54) is 23.7 Å². The van der Waals surface area contributed by atoms with Crippen molar-refractivity contribution in [3.05, 3.63) is 34.3 Å². The Kier molecular flexibility index (Phi) is 6.76. The van der Waals surface area contributed by atoms with Crippen molar-refractivity contribution in [1.29, 1.82) is 0 Å². The number of hydrogen-bond donors (Lipinski definition) is 0. The molecule has 2 heterocycles. The van der Waals surface area contributed by atoms with Crippen molar-refractivity contribution in [2.45, 2.75) is 52.2 Å². The van der Waals surface area contributed by atoms with Gasteiger partial charge in [-0.05, 0) is 20.9 Å². The van der Waals surface area contributed by atoms with Crippen LogP contribution in [0.4, 0.5) is 13.2 Å². The summed E-state index contributed by atoms with van der Waals surface area (Å²) in [6.45, 7) is 3.19. The van der Waals surface area contributed by atoms with Gasteiger partial charge in [-0.25, -0.2) is 9.97 Å². The zero-order chi connectivity index (χ0) is 19.3. The number of ether oxygens (including phenoxy) is 1. The molecule has 6 nitrogen and oxygen atoms in total. The summed E-state index contributed by atoms with van der Waals surface area (Å²) in [7, 11) is 1.78. The van der Waals surface area contributed by atoms with E-state index in [9.17, 15) is 18.0 Å². The number of esters is 1. The first-order chi connectivity index (χ1) is 12.1. The van der Waals surface area contributed by atoms with Gasteiger partial charge in [0.25, 0.3) is 0 Å². The van der Waals surface area contributed by atoms with Gasteiger partial charge >= 0.3 is 12.1 Å². The van der Waals surface area contributed by atoms with Crippen LogP contribution < -0.4 is 0 Å². The lowest BCUT2D eigenvalue weighted by atomic mass is 10.4. The second-order valence-electron chi connectivity index (χ2n) is 6.21. The largest absolute Gasteiger partial charge is 0.463 e. The maximum Gasteiger partial charge on any atom is 0.406 e. The Labute approximate surface area is 153 Å². The molecule has 0 aromatic carbocycles. The monoisotopic (exact) mass is 390 g/mol. The second kappa shape index (κ2) is 8.63. The molecule has 0 aliphatic rings. The quantitative estimate of drug-likeness (QED) is 0.649. The van der Waals surface area contributed by atoms with E-state index in [1.54, 1.807) is 20.9 Å². The third-order valence-electron chi connectivity index (χ3n) is 3.26. The van der Waals surface area contributed by atoms with Crippen LogP contribution in [0.3, 0.4) is 0 Å². The van der Waals surface area contributed by atoms with Crippen LogP contribution in [0.25, 0.3) is 0 Å². The van der Waals surface area contributed by atoms with Crippen molar-refractivity contribution in [2.24, 2.45) is 0 Å². The number of carbonyl (C=O) groups is 1. The first-order valence-electron chi connectivity index (χ1n) is 8.00. The number of aromatic nitrogens is 3. The molecule has 144 valence electrons. The van der Waals surface area contributed by atoms with Crippen molar-refractivity contribution >= 4 is 17.3 Å². The number of halogens is 3. The highest BCUT2D eigenvalue weighted by molar-refractivity contribution is 7.09. The summed E-state index contributed by atoms with van der Waals surface area (Å²) < 4.78 is 43.9. The molecule has 2 rings (SSSR count). The molecule has 0 radical (unpaired) electrons. The van der Waals surface area contributed by atoms with Crippen LogP contribution in [0.5, 0.6) is 0 Å². The molecule has 0 saturated carbocycles. The van der Waals surface area contributed by atoms with Gasteiger partial charge in [-0.15, -0.1) is 11.3 Å². The molecule has 0 atom stereocenters. The fraction of sp³-hybridized carbons (Fsp3) is 0.562.